The first-order valence-corrected chi connectivity index (χ1v) is 5.23. The number of para-hydroxylation sites is 2. The lowest BCUT2D eigenvalue weighted by atomic mass is 10.2. The van der Waals surface area contributed by atoms with Gasteiger partial charge in [-0.2, -0.15) is 0 Å². The molecule has 6 heteroatoms. The van der Waals surface area contributed by atoms with Crippen LogP contribution in [0.25, 0.3) is 0 Å². The topological polar surface area (TPSA) is 84.7 Å². The van der Waals surface area contributed by atoms with Gasteiger partial charge in [0.25, 0.3) is 0 Å². The first-order valence-electron chi connectivity index (χ1n) is 5.23. The minimum atomic E-state index is -0.837. The van der Waals surface area contributed by atoms with Crippen LogP contribution in [0.4, 0.5) is 10.5 Å². The molecule has 1 aliphatic rings. The number of carbonyl (C=O) groups excluding carboxylic acids is 2. The van der Waals surface area contributed by atoms with Gasteiger partial charge >= 0.3 is 6.03 Å². The van der Waals surface area contributed by atoms with E-state index in [1.807, 2.05) is 34.5 Å². The van der Waals surface area contributed by atoms with Crippen molar-refractivity contribution in [3.8, 4) is 5.75 Å². The summed E-state index contributed by atoms with van der Waals surface area (Å²) in [7, 11) is 0. The highest BCUT2D eigenvalue weighted by Gasteiger charge is 2.19. The number of benzene rings is 1. The third kappa shape index (κ3) is 2.66. The number of fused-ring (bicyclic) bond motifs is 1. The Morgan fingerprint density at radius 1 is 1.41 bits per heavy atom. The van der Waals surface area contributed by atoms with E-state index in [2.05, 4.69) is 0 Å². The van der Waals surface area contributed by atoms with Gasteiger partial charge in [-0.3, -0.25) is 10.1 Å². The Labute approximate surface area is 98.3 Å². The summed E-state index contributed by atoms with van der Waals surface area (Å²) >= 11 is 0. The van der Waals surface area contributed by atoms with Crippen molar-refractivity contribution in [1.29, 1.82) is 0 Å². The lowest BCUT2D eigenvalue weighted by molar-refractivity contribution is -0.118. The second kappa shape index (κ2) is 4.73. The van der Waals surface area contributed by atoms with E-state index in [9.17, 15) is 9.59 Å². The molecule has 0 aromatic heterocycles. The summed E-state index contributed by atoms with van der Waals surface area (Å²) in [6, 6.07) is 6.61. The average molecular weight is 235 g/mol. The number of nitrogens with one attached hydrogen (secondary N) is 1. The van der Waals surface area contributed by atoms with E-state index in [0.717, 1.165) is 11.4 Å². The molecule has 0 atom stereocenters. The van der Waals surface area contributed by atoms with Crippen molar-refractivity contribution in [2.45, 2.75) is 0 Å². The van der Waals surface area contributed by atoms with Crippen LogP contribution in [0.5, 0.6) is 5.75 Å². The molecule has 0 fully saturated rings. The Hall–Kier alpha value is -2.24. The standard InChI is InChI=1S/C11H13N3O3/c12-11(16)13-10(15)7-14-5-6-17-9-4-2-1-3-8(9)14/h1-4H,5-7H2,(H3,12,13,15,16). The molecule has 1 heterocycles. The Bertz CT molecular complexity index is 447. The molecule has 17 heavy (non-hydrogen) atoms. The number of urea groups is 1. The van der Waals surface area contributed by atoms with Crippen LogP contribution in [-0.4, -0.2) is 31.6 Å². The maximum absolute atomic E-state index is 11.4. The number of nitrogens with zero attached hydrogens (tertiary/aromatic N) is 1. The summed E-state index contributed by atoms with van der Waals surface area (Å²) in [5.74, 6) is 0.319. The number of ether oxygens (including phenoxy) is 1. The van der Waals surface area contributed by atoms with Crippen LogP contribution in [0.15, 0.2) is 24.3 Å². The molecule has 0 aliphatic carbocycles. The maximum Gasteiger partial charge on any atom is 0.318 e. The number of primary amides is 1. The van der Waals surface area contributed by atoms with Gasteiger partial charge in [-0.15, -0.1) is 0 Å². The van der Waals surface area contributed by atoms with Crippen molar-refractivity contribution < 1.29 is 14.3 Å². The predicted octanol–water partition coefficient (Wildman–Crippen LogP) is 0.0803. The molecule has 0 bridgehead atoms. The number of anilines is 1. The molecule has 2 rings (SSSR count). The SMILES string of the molecule is NC(=O)NC(=O)CN1CCOc2ccccc21. The van der Waals surface area contributed by atoms with Gasteiger partial charge < -0.3 is 15.4 Å². The molecule has 0 saturated carbocycles. The average Bonchev–Trinajstić information content (AvgIpc) is 2.28. The fourth-order valence-corrected chi connectivity index (χ4v) is 1.74. The van der Waals surface area contributed by atoms with E-state index >= 15 is 0 Å². The number of carbonyl (C=O) groups is 2. The third-order valence-corrected chi connectivity index (χ3v) is 2.42. The first-order chi connectivity index (χ1) is 8.16. The maximum atomic E-state index is 11.4. The quantitative estimate of drug-likeness (QED) is 0.760. The van der Waals surface area contributed by atoms with Gasteiger partial charge in [-0.05, 0) is 12.1 Å². The lowest BCUT2D eigenvalue weighted by Crippen LogP contribution is -2.44. The highest BCUT2D eigenvalue weighted by Crippen LogP contribution is 2.30. The Balaban J connectivity index is 2.08. The zero-order valence-corrected chi connectivity index (χ0v) is 9.18. The summed E-state index contributed by atoms with van der Waals surface area (Å²) in [6.45, 7) is 1.20. The van der Waals surface area contributed by atoms with Crippen molar-refractivity contribution >= 4 is 17.6 Å². The van der Waals surface area contributed by atoms with Gasteiger partial charge in [0, 0.05) is 0 Å². The Kier molecular flexibility index (Phi) is 3.13. The molecule has 0 unspecified atom stereocenters. The van der Waals surface area contributed by atoms with Crippen LogP contribution >= 0.6 is 0 Å². The van der Waals surface area contributed by atoms with Crippen molar-refractivity contribution in [2.24, 2.45) is 5.73 Å². The van der Waals surface area contributed by atoms with Gasteiger partial charge in [0.1, 0.15) is 12.4 Å². The minimum absolute atomic E-state index is 0.0866. The van der Waals surface area contributed by atoms with Crippen molar-refractivity contribution in [3.63, 3.8) is 0 Å². The van der Waals surface area contributed by atoms with Crippen LogP contribution in [0, 0.1) is 0 Å². The molecule has 3 N–H and O–H groups in total. The number of nitrogens with two attached hydrogens (primary N) is 1. The zero-order valence-electron chi connectivity index (χ0n) is 9.18. The number of imide groups is 1. The van der Waals surface area contributed by atoms with Crippen LogP contribution < -0.4 is 20.7 Å². The Morgan fingerprint density at radius 2 is 2.18 bits per heavy atom. The van der Waals surface area contributed by atoms with Gasteiger partial charge in [0.2, 0.25) is 5.91 Å². The molecular weight excluding hydrogens is 222 g/mol. The Morgan fingerprint density at radius 3 is 2.94 bits per heavy atom. The molecule has 3 amide bonds. The van der Waals surface area contributed by atoms with Gasteiger partial charge in [0.15, 0.2) is 0 Å². The second-order valence-electron chi connectivity index (χ2n) is 3.65. The van der Waals surface area contributed by atoms with Crippen molar-refractivity contribution in [3.05, 3.63) is 24.3 Å². The minimum Gasteiger partial charge on any atom is -0.490 e. The van der Waals surface area contributed by atoms with Crippen molar-refractivity contribution in [1.82, 2.24) is 5.32 Å². The summed E-state index contributed by atoms with van der Waals surface area (Å²) in [4.78, 5) is 23.8. The summed E-state index contributed by atoms with van der Waals surface area (Å²) < 4.78 is 5.45. The first kappa shape index (κ1) is 11.3. The lowest BCUT2D eigenvalue weighted by Gasteiger charge is -2.30. The van der Waals surface area contributed by atoms with Crippen LogP contribution in [0.2, 0.25) is 0 Å². The number of hydrogen-bond acceptors (Lipinski definition) is 4. The van der Waals surface area contributed by atoms with Gasteiger partial charge in [-0.1, -0.05) is 12.1 Å². The van der Waals surface area contributed by atoms with E-state index in [-0.39, 0.29) is 6.54 Å². The highest BCUT2D eigenvalue weighted by atomic mass is 16.5. The van der Waals surface area contributed by atoms with Crippen LogP contribution in [0.3, 0.4) is 0 Å². The molecule has 1 aromatic rings. The molecule has 0 saturated heterocycles. The van der Waals surface area contributed by atoms with Crippen LogP contribution in [-0.2, 0) is 4.79 Å². The number of hydrogen-bond donors (Lipinski definition) is 2. The third-order valence-electron chi connectivity index (χ3n) is 2.42. The van der Waals surface area contributed by atoms with E-state index in [4.69, 9.17) is 10.5 Å². The fourth-order valence-electron chi connectivity index (χ4n) is 1.74. The van der Waals surface area contributed by atoms with E-state index in [0.29, 0.717) is 13.2 Å². The normalized spacial score (nSPS) is 13.5. The number of amides is 3. The molecule has 90 valence electrons. The molecule has 6 nitrogen and oxygen atoms in total. The summed E-state index contributed by atoms with van der Waals surface area (Å²) in [5, 5.41) is 2.04. The summed E-state index contributed by atoms with van der Waals surface area (Å²) in [6.07, 6.45) is 0. The molecule has 1 aromatic carbocycles. The fraction of sp³-hybridized carbons (Fsp3) is 0.273. The highest BCUT2D eigenvalue weighted by molar-refractivity contribution is 5.95. The zero-order chi connectivity index (χ0) is 12.3. The van der Waals surface area contributed by atoms with Gasteiger partial charge in [0.05, 0.1) is 18.8 Å². The van der Waals surface area contributed by atoms with Crippen molar-refractivity contribution in [2.75, 3.05) is 24.6 Å². The van der Waals surface area contributed by atoms with E-state index in [1.54, 1.807) is 0 Å². The van der Waals surface area contributed by atoms with Crippen LogP contribution in [0.1, 0.15) is 0 Å². The predicted molar refractivity (Wildman–Crippen MR) is 61.9 cm³/mol. The summed E-state index contributed by atoms with van der Waals surface area (Å²) in [5.41, 5.74) is 5.72. The molecule has 0 radical (unpaired) electrons. The molecular formula is C11H13N3O3. The van der Waals surface area contributed by atoms with E-state index < -0.39 is 11.9 Å². The molecule has 0 spiro atoms. The second-order valence-corrected chi connectivity index (χ2v) is 3.65. The number of rotatable bonds is 2. The van der Waals surface area contributed by atoms with E-state index in [1.165, 1.54) is 0 Å². The largest absolute Gasteiger partial charge is 0.490 e. The monoisotopic (exact) mass is 235 g/mol. The van der Waals surface area contributed by atoms with Gasteiger partial charge in [-0.25, -0.2) is 4.79 Å². The smallest absolute Gasteiger partial charge is 0.318 e. The molecule has 1 aliphatic heterocycles.